The van der Waals surface area contributed by atoms with Gasteiger partial charge in [0.25, 0.3) is 5.91 Å². The van der Waals surface area contributed by atoms with Crippen molar-refractivity contribution in [2.24, 2.45) is 5.92 Å². The zero-order chi connectivity index (χ0) is 21.1. The predicted molar refractivity (Wildman–Crippen MR) is 109 cm³/mol. The Morgan fingerprint density at radius 3 is 2.72 bits per heavy atom. The molecule has 0 saturated carbocycles. The largest absolute Gasteiger partial charge is 0.472 e. The molecule has 0 fully saturated rings. The van der Waals surface area contributed by atoms with E-state index in [1.54, 1.807) is 29.2 Å². The Labute approximate surface area is 170 Å². The smallest absolute Gasteiger partial charge is 0.259 e. The van der Waals surface area contributed by atoms with E-state index in [1.165, 1.54) is 12.3 Å². The summed E-state index contributed by atoms with van der Waals surface area (Å²) in [5.41, 5.74) is 1.16. The van der Waals surface area contributed by atoms with Crippen LogP contribution in [-0.2, 0) is 0 Å². The van der Waals surface area contributed by atoms with Gasteiger partial charge in [-0.2, -0.15) is 0 Å². The summed E-state index contributed by atoms with van der Waals surface area (Å²) in [6.07, 6.45) is 1.35. The molecule has 7 heteroatoms. The second-order valence-corrected chi connectivity index (χ2v) is 7.94. The lowest BCUT2D eigenvalue weighted by Crippen LogP contribution is -2.49. The van der Waals surface area contributed by atoms with Gasteiger partial charge in [-0.15, -0.1) is 0 Å². The highest BCUT2D eigenvalue weighted by Crippen LogP contribution is 2.31. The van der Waals surface area contributed by atoms with E-state index in [1.807, 2.05) is 32.8 Å². The molecule has 1 aliphatic heterocycles. The van der Waals surface area contributed by atoms with Crippen LogP contribution < -0.4 is 4.74 Å². The summed E-state index contributed by atoms with van der Waals surface area (Å²) in [7, 11) is 3.92. The standard InChI is InChI=1S/C22H28FN3O3/c1-14-11-26(15(2)13-27)22(28)18-9-16(17-7-5-6-8-19(17)23)10-24-21(18)29-20(14)12-25(3)4/h5-10,14-15,20,27H,11-13H2,1-4H3/t14-,15+,20+/m1/s1. The molecule has 2 aromatic rings. The lowest BCUT2D eigenvalue weighted by atomic mass is 9.99. The number of pyridine rings is 1. The molecule has 6 nitrogen and oxygen atoms in total. The van der Waals surface area contributed by atoms with Crippen molar-refractivity contribution in [1.82, 2.24) is 14.8 Å². The Morgan fingerprint density at radius 2 is 2.07 bits per heavy atom. The highest BCUT2D eigenvalue weighted by atomic mass is 19.1. The first-order valence-electron chi connectivity index (χ1n) is 9.80. The number of aliphatic hydroxyl groups is 1. The summed E-state index contributed by atoms with van der Waals surface area (Å²) in [4.78, 5) is 21.4. The third-order valence-electron chi connectivity index (χ3n) is 5.25. The fourth-order valence-electron chi connectivity index (χ4n) is 3.52. The van der Waals surface area contributed by atoms with Crippen LogP contribution in [0.3, 0.4) is 0 Å². The van der Waals surface area contributed by atoms with Crippen LogP contribution in [0.4, 0.5) is 4.39 Å². The van der Waals surface area contributed by atoms with E-state index in [-0.39, 0.29) is 47.8 Å². The zero-order valence-electron chi connectivity index (χ0n) is 17.3. The Bertz CT molecular complexity index is 874. The van der Waals surface area contributed by atoms with Crippen LogP contribution in [0.1, 0.15) is 24.2 Å². The molecule has 0 aliphatic carbocycles. The number of benzene rings is 1. The van der Waals surface area contributed by atoms with Crippen molar-refractivity contribution in [3.8, 4) is 17.0 Å². The average Bonchev–Trinajstić information content (AvgIpc) is 2.70. The Kier molecular flexibility index (Phi) is 6.49. The van der Waals surface area contributed by atoms with Gasteiger partial charge in [0, 0.05) is 36.3 Å². The van der Waals surface area contributed by atoms with Gasteiger partial charge in [0.2, 0.25) is 5.88 Å². The van der Waals surface area contributed by atoms with Gasteiger partial charge in [0.1, 0.15) is 17.5 Å². The van der Waals surface area contributed by atoms with E-state index < -0.39 is 0 Å². The molecule has 1 amide bonds. The van der Waals surface area contributed by atoms with Crippen LogP contribution in [0.2, 0.25) is 0 Å². The highest BCUT2D eigenvalue weighted by Gasteiger charge is 2.34. The summed E-state index contributed by atoms with van der Waals surface area (Å²) in [5.74, 6) is -0.379. The number of likely N-dealkylation sites (N-methyl/N-ethyl adjacent to an activating group) is 1. The van der Waals surface area contributed by atoms with Crippen molar-refractivity contribution < 1.29 is 19.0 Å². The number of rotatable bonds is 5. The van der Waals surface area contributed by atoms with E-state index in [0.717, 1.165) is 0 Å². The Hall–Kier alpha value is -2.51. The molecule has 0 unspecified atom stereocenters. The van der Waals surface area contributed by atoms with E-state index in [0.29, 0.717) is 24.2 Å². The maximum absolute atomic E-state index is 14.3. The number of hydrogen-bond donors (Lipinski definition) is 1. The topological polar surface area (TPSA) is 65.9 Å². The van der Waals surface area contributed by atoms with Crippen LogP contribution in [0, 0.1) is 11.7 Å². The minimum atomic E-state index is -0.381. The van der Waals surface area contributed by atoms with Gasteiger partial charge in [0.05, 0.1) is 12.6 Å². The number of aliphatic hydroxyl groups excluding tert-OH is 1. The van der Waals surface area contributed by atoms with E-state index >= 15 is 0 Å². The van der Waals surface area contributed by atoms with Gasteiger partial charge in [-0.3, -0.25) is 4.79 Å². The zero-order valence-corrected chi connectivity index (χ0v) is 17.3. The van der Waals surface area contributed by atoms with Crippen molar-refractivity contribution in [1.29, 1.82) is 0 Å². The molecule has 2 heterocycles. The molecule has 156 valence electrons. The quantitative estimate of drug-likeness (QED) is 0.835. The summed E-state index contributed by atoms with van der Waals surface area (Å²) in [6, 6.07) is 7.65. The molecule has 1 aliphatic rings. The number of ether oxygens (including phenoxy) is 1. The fraction of sp³-hybridized carbons (Fsp3) is 0.455. The van der Waals surface area contributed by atoms with Crippen LogP contribution in [-0.4, -0.2) is 71.7 Å². The van der Waals surface area contributed by atoms with Crippen molar-refractivity contribution >= 4 is 5.91 Å². The molecule has 1 N–H and O–H groups in total. The number of fused-ring (bicyclic) bond motifs is 1. The normalized spacial score (nSPS) is 20.7. The van der Waals surface area contributed by atoms with E-state index in [2.05, 4.69) is 4.98 Å². The van der Waals surface area contributed by atoms with Gasteiger partial charge >= 0.3 is 0 Å². The van der Waals surface area contributed by atoms with E-state index in [4.69, 9.17) is 4.74 Å². The van der Waals surface area contributed by atoms with Crippen molar-refractivity contribution in [2.75, 3.05) is 33.8 Å². The maximum Gasteiger partial charge on any atom is 0.259 e. The molecule has 1 aromatic carbocycles. The number of hydrogen-bond acceptors (Lipinski definition) is 5. The molecule has 3 rings (SSSR count). The van der Waals surface area contributed by atoms with Gasteiger partial charge in [-0.05, 0) is 33.2 Å². The second-order valence-electron chi connectivity index (χ2n) is 7.94. The lowest BCUT2D eigenvalue weighted by molar-refractivity contribution is 0.0348. The number of carbonyl (C=O) groups excluding carboxylic acids is 1. The molecule has 0 saturated heterocycles. The summed E-state index contributed by atoms with van der Waals surface area (Å²) >= 11 is 0. The van der Waals surface area contributed by atoms with E-state index in [9.17, 15) is 14.3 Å². The number of carbonyl (C=O) groups is 1. The number of aromatic nitrogens is 1. The van der Waals surface area contributed by atoms with Crippen LogP contribution >= 0.6 is 0 Å². The first-order chi connectivity index (χ1) is 13.8. The molecule has 0 bridgehead atoms. The number of amides is 1. The first-order valence-corrected chi connectivity index (χ1v) is 9.80. The second kappa shape index (κ2) is 8.88. The number of halogens is 1. The van der Waals surface area contributed by atoms with Crippen LogP contribution in [0.25, 0.3) is 11.1 Å². The molecule has 0 radical (unpaired) electrons. The fourth-order valence-corrected chi connectivity index (χ4v) is 3.52. The third kappa shape index (κ3) is 4.57. The summed E-state index contributed by atoms with van der Waals surface area (Å²) < 4.78 is 20.4. The van der Waals surface area contributed by atoms with Gasteiger partial charge in [-0.25, -0.2) is 9.37 Å². The molecule has 0 spiro atoms. The molecule has 3 atom stereocenters. The van der Waals surface area contributed by atoms with Gasteiger partial charge in [-0.1, -0.05) is 25.1 Å². The van der Waals surface area contributed by atoms with Crippen molar-refractivity contribution in [2.45, 2.75) is 26.0 Å². The molecule has 29 heavy (non-hydrogen) atoms. The SMILES string of the molecule is C[C@@H]1CN([C@@H](C)CO)C(=O)c2cc(-c3ccccc3F)cnc2O[C@H]1CN(C)C. The average molecular weight is 401 g/mol. The molecule has 1 aromatic heterocycles. The predicted octanol–water partition coefficient (Wildman–Crippen LogP) is 2.67. The minimum absolute atomic E-state index is 0.0385. The van der Waals surface area contributed by atoms with Gasteiger partial charge < -0.3 is 19.6 Å². The molecular weight excluding hydrogens is 373 g/mol. The van der Waals surface area contributed by atoms with Crippen LogP contribution in [0.5, 0.6) is 5.88 Å². The minimum Gasteiger partial charge on any atom is -0.472 e. The third-order valence-corrected chi connectivity index (χ3v) is 5.25. The van der Waals surface area contributed by atoms with Crippen LogP contribution in [0.15, 0.2) is 36.5 Å². The lowest BCUT2D eigenvalue weighted by Gasteiger charge is -2.37. The summed E-state index contributed by atoms with van der Waals surface area (Å²) in [6.45, 7) is 4.79. The number of nitrogens with zero attached hydrogens (tertiary/aromatic N) is 3. The summed E-state index contributed by atoms with van der Waals surface area (Å²) in [5, 5.41) is 9.68. The molecular formula is C22H28FN3O3. The maximum atomic E-state index is 14.3. The monoisotopic (exact) mass is 401 g/mol. The highest BCUT2D eigenvalue weighted by molar-refractivity contribution is 5.98. The van der Waals surface area contributed by atoms with Crippen molar-refractivity contribution in [3.05, 3.63) is 47.9 Å². The Balaban J connectivity index is 2.09. The van der Waals surface area contributed by atoms with Gasteiger partial charge in [0.15, 0.2) is 0 Å². The Morgan fingerprint density at radius 1 is 1.34 bits per heavy atom. The van der Waals surface area contributed by atoms with Crippen molar-refractivity contribution in [3.63, 3.8) is 0 Å². The first kappa shape index (κ1) is 21.2.